The first-order valence-corrected chi connectivity index (χ1v) is 11.0. The topological polar surface area (TPSA) is 114 Å². The third kappa shape index (κ3) is 5.59. The number of hydrogen-bond donors (Lipinski definition) is 2. The summed E-state index contributed by atoms with van der Waals surface area (Å²) < 4.78 is 29.7. The second kappa shape index (κ2) is 9.75. The van der Waals surface area contributed by atoms with E-state index in [-0.39, 0.29) is 16.9 Å². The fourth-order valence-electron chi connectivity index (χ4n) is 3.12. The summed E-state index contributed by atoms with van der Waals surface area (Å²) in [6.45, 7) is 5.58. The predicted molar refractivity (Wildman–Crippen MR) is 108 cm³/mol. The molecule has 1 aromatic carbocycles. The van der Waals surface area contributed by atoms with Gasteiger partial charge in [-0.1, -0.05) is 26.7 Å². The van der Waals surface area contributed by atoms with E-state index in [1.165, 1.54) is 6.26 Å². The molecular weight excluding hydrogens is 380 g/mol. The minimum atomic E-state index is -4.11. The lowest BCUT2D eigenvalue weighted by molar-refractivity contribution is 0.0696. The SMILES string of the molecule is CCCCN(CCCC)c1cc(C(=O)O)cc(S(N)(=O)=O)c1Cc1ccoc1. The molecule has 0 fully saturated rings. The molecule has 0 saturated heterocycles. The van der Waals surface area contributed by atoms with Gasteiger partial charge in [0, 0.05) is 25.2 Å². The van der Waals surface area contributed by atoms with E-state index < -0.39 is 16.0 Å². The first-order valence-electron chi connectivity index (χ1n) is 9.47. The number of benzene rings is 1. The van der Waals surface area contributed by atoms with Crippen molar-refractivity contribution in [3.63, 3.8) is 0 Å². The molecule has 8 heteroatoms. The molecule has 1 heterocycles. The molecule has 0 atom stereocenters. The van der Waals surface area contributed by atoms with Gasteiger partial charge in [0.05, 0.1) is 23.0 Å². The van der Waals surface area contributed by atoms with Crippen LogP contribution in [0.2, 0.25) is 0 Å². The lowest BCUT2D eigenvalue weighted by atomic mass is 10.0. The number of carboxylic acid groups (broad SMARTS) is 1. The highest BCUT2D eigenvalue weighted by molar-refractivity contribution is 7.89. The van der Waals surface area contributed by atoms with Crippen LogP contribution in [0.1, 0.15) is 61.0 Å². The van der Waals surface area contributed by atoms with E-state index in [4.69, 9.17) is 9.56 Å². The maximum atomic E-state index is 12.3. The van der Waals surface area contributed by atoms with E-state index >= 15 is 0 Å². The molecule has 0 unspecified atom stereocenters. The summed E-state index contributed by atoms with van der Waals surface area (Å²) in [6.07, 6.45) is 7.12. The first kappa shape index (κ1) is 22.0. The molecule has 2 rings (SSSR count). The summed E-state index contributed by atoms with van der Waals surface area (Å²) in [4.78, 5) is 13.6. The van der Waals surface area contributed by atoms with Gasteiger partial charge >= 0.3 is 5.97 Å². The minimum absolute atomic E-state index is 0.0898. The van der Waals surface area contributed by atoms with Crippen LogP contribution in [-0.2, 0) is 16.4 Å². The molecule has 28 heavy (non-hydrogen) atoms. The van der Waals surface area contributed by atoms with Crippen molar-refractivity contribution in [2.75, 3.05) is 18.0 Å². The summed E-state index contributed by atoms with van der Waals surface area (Å²) >= 11 is 0. The fourth-order valence-corrected chi connectivity index (χ4v) is 3.93. The van der Waals surface area contributed by atoms with Crippen LogP contribution < -0.4 is 10.0 Å². The van der Waals surface area contributed by atoms with Crippen molar-refractivity contribution in [3.05, 3.63) is 47.4 Å². The van der Waals surface area contributed by atoms with E-state index in [2.05, 4.69) is 18.7 Å². The molecule has 0 saturated carbocycles. The van der Waals surface area contributed by atoms with Crippen LogP contribution >= 0.6 is 0 Å². The molecule has 0 amide bonds. The summed E-state index contributed by atoms with van der Waals surface area (Å²) in [7, 11) is -4.11. The Balaban J connectivity index is 2.69. The fraction of sp³-hybridized carbons (Fsp3) is 0.450. The van der Waals surface area contributed by atoms with Gasteiger partial charge in [-0.15, -0.1) is 0 Å². The van der Waals surface area contributed by atoms with E-state index in [1.54, 1.807) is 18.4 Å². The highest BCUT2D eigenvalue weighted by Gasteiger charge is 2.24. The number of nitrogens with two attached hydrogens (primary N) is 1. The molecule has 0 aliphatic heterocycles. The quantitative estimate of drug-likeness (QED) is 0.587. The number of anilines is 1. The third-order valence-corrected chi connectivity index (χ3v) is 5.58. The maximum absolute atomic E-state index is 12.3. The van der Waals surface area contributed by atoms with Crippen molar-refractivity contribution in [3.8, 4) is 0 Å². The Kier molecular flexibility index (Phi) is 7.65. The molecule has 0 spiro atoms. The highest BCUT2D eigenvalue weighted by atomic mass is 32.2. The molecular formula is C20H28N2O5S. The Morgan fingerprint density at radius 2 is 1.82 bits per heavy atom. The molecule has 0 aliphatic carbocycles. The monoisotopic (exact) mass is 408 g/mol. The summed E-state index contributed by atoms with van der Waals surface area (Å²) in [5.41, 5.74) is 1.81. The predicted octanol–water partition coefficient (Wildman–Crippen LogP) is 3.62. The average Bonchev–Trinajstić information content (AvgIpc) is 3.14. The van der Waals surface area contributed by atoms with Gasteiger partial charge in [-0.2, -0.15) is 0 Å². The largest absolute Gasteiger partial charge is 0.478 e. The van der Waals surface area contributed by atoms with Gasteiger partial charge in [-0.25, -0.2) is 18.4 Å². The summed E-state index contributed by atoms with van der Waals surface area (Å²) in [5.74, 6) is -1.19. The van der Waals surface area contributed by atoms with Crippen molar-refractivity contribution in [1.82, 2.24) is 0 Å². The van der Waals surface area contributed by atoms with Crippen molar-refractivity contribution in [2.45, 2.75) is 50.8 Å². The molecule has 0 radical (unpaired) electrons. The number of nitrogens with zero attached hydrogens (tertiary/aromatic N) is 1. The van der Waals surface area contributed by atoms with Crippen LogP contribution in [-0.4, -0.2) is 32.6 Å². The number of primary sulfonamides is 1. The second-order valence-electron chi connectivity index (χ2n) is 6.82. The van der Waals surface area contributed by atoms with Gasteiger partial charge in [0.2, 0.25) is 10.0 Å². The van der Waals surface area contributed by atoms with Crippen molar-refractivity contribution in [2.24, 2.45) is 5.14 Å². The van der Waals surface area contributed by atoms with E-state index in [1.807, 2.05) is 0 Å². The number of rotatable bonds is 11. The van der Waals surface area contributed by atoms with Gasteiger partial charge in [0.25, 0.3) is 0 Å². The molecule has 2 aromatic rings. The summed E-state index contributed by atoms with van der Waals surface area (Å²) in [6, 6.07) is 4.45. The van der Waals surface area contributed by atoms with Crippen LogP contribution in [0.5, 0.6) is 0 Å². The van der Waals surface area contributed by atoms with E-state index in [0.29, 0.717) is 24.3 Å². The highest BCUT2D eigenvalue weighted by Crippen LogP contribution is 2.32. The number of hydrogen-bond acceptors (Lipinski definition) is 5. The molecule has 154 valence electrons. The van der Waals surface area contributed by atoms with E-state index in [0.717, 1.165) is 37.3 Å². The zero-order valence-corrected chi connectivity index (χ0v) is 17.2. The Morgan fingerprint density at radius 1 is 1.18 bits per heavy atom. The number of sulfonamides is 1. The van der Waals surface area contributed by atoms with Gasteiger partial charge in [0.1, 0.15) is 0 Å². The Morgan fingerprint density at radius 3 is 2.29 bits per heavy atom. The smallest absolute Gasteiger partial charge is 0.335 e. The van der Waals surface area contributed by atoms with Crippen LogP contribution in [0.15, 0.2) is 40.0 Å². The lowest BCUT2D eigenvalue weighted by Gasteiger charge is -2.28. The Labute approximate surface area is 166 Å². The lowest BCUT2D eigenvalue weighted by Crippen LogP contribution is -2.28. The third-order valence-electron chi connectivity index (χ3n) is 4.60. The summed E-state index contributed by atoms with van der Waals surface area (Å²) in [5, 5.41) is 15.0. The van der Waals surface area contributed by atoms with Gasteiger partial charge in [-0.05, 0) is 42.2 Å². The Hall–Kier alpha value is -2.32. The zero-order chi connectivity index (χ0) is 20.7. The molecule has 1 aromatic heterocycles. The number of unbranched alkanes of at least 4 members (excludes halogenated alkanes) is 2. The van der Waals surface area contributed by atoms with Crippen LogP contribution in [0.25, 0.3) is 0 Å². The van der Waals surface area contributed by atoms with Crippen LogP contribution in [0.3, 0.4) is 0 Å². The Bertz CT molecular complexity index is 884. The van der Waals surface area contributed by atoms with Crippen molar-refractivity contribution < 1.29 is 22.7 Å². The molecule has 3 N–H and O–H groups in total. The van der Waals surface area contributed by atoms with Gasteiger partial charge in [0.15, 0.2) is 0 Å². The van der Waals surface area contributed by atoms with Crippen LogP contribution in [0.4, 0.5) is 5.69 Å². The first-order chi connectivity index (χ1) is 13.3. The minimum Gasteiger partial charge on any atom is -0.478 e. The molecule has 7 nitrogen and oxygen atoms in total. The normalized spacial score (nSPS) is 11.5. The molecule has 0 aliphatic rings. The number of aromatic carboxylic acids is 1. The molecule has 0 bridgehead atoms. The zero-order valence-electron chi connectivity index (χ0n) is 16.3. The van der Waals surface area contributed by atoms with Crippen molar-refractivity contribution >= 4 is 21.7 Å². The average molecular weight is 409 g/mol. The van der Waals surface area contributed by atoms with Gasteiger partial charge in [-0.3, -0.25) is 0 Å². The van der Waals surface area contributed by atoms with Crippen molar-refractivity contribution in [1.29, 1.82) is 0 Å². The van der Waals surface area contributed by atoms with Gasteiger partial charge < -0.3 is 14.4 Å². The second-order valence-corrected chi connectivity index (χ2v) is 8.35. The van der Waals surface area contributed by atoms with Crippen LogP contribution in [0, 0.1) is 0 Å². The maximum Gasteiger partial charge on any atom is 0.335 e. The number of carbonyl (C=O) groups is 1. The van der Waals surface area contributed by atoms with E-state index in [9.17, 15) is 18.3 Å². The number of carboxylic acids is 1. The standard InChI is InChI=1S/C20H28N2O5S/c1-3-5-8-22(9-6-4-2)18-12-16(20(23)24)13-19(28(21,25)26)17(18)11-15-7-10-27-14-15/h7,10,12-14H,3-6,8-9,11H2,1-2H3,(H,23,24)(H2,21,25,26). The number of furan rings is 1.